The van der Waals surface area contributed by atoms with Crippen molar-refractivity contribution in [2.75, 3.05) is 13.7 Å². The van der Waals surface area contributed by atoms with Gasteiger partial charge in [0.05, 0.1) is 7.11 Å². The topological polar surface area (TPSA) is 38.3 Å². The summed E-state index contributed by atoms with van der Waals surface area (Å²) in [4.78, 5) is 10.2. The molecule has 0 atom stereocenters. The Kier molecular flexibility index (Phi) is 8.98. The Balaban J connectivity index is 0. The van der Waals surface area contributed by atoms with Crippen LogP contribution < -0.4 is 5.32 Å². The lowest BCUT2D eigenvalue weighted by atomic mass is 10.5. The lowest BCUT2D eigenvalue weighted by Gasteiger charge is -1.98. The molecular formula is C6H15NO2. The number of alkyl carbamates (subject to hydrolysis) is 1. The lowest BCUT2D eigenvalue weighted by Crippen LogP contribution is -2.23. The maximum Gasteiger partial charge on any atom is 0.406 e. The molecule has 1 amide bonds. The fraction of sp³-hybridized carbons (Fsp3) is 0.833. The standard InChI is InChI=1S/C5H11NO2.CH4/c1-3-4-6-5(7)8-2;/h3-4H2,1-2H3,(H,6,7);1H4. The zero-order valence-corrected chi connectivity index (χ0v) is 5.23. The highest BCUT2D eigenvalue weighted by atomic mass is 16.5. The molecule has 3 nitrogen and oxygen atoms in total. The Labute approximate surface area is 56.4 Å². The second kappa shape index (κ2) is 7.27. The molecule has 0 fully saturated rings. The molecule has 0 aromatic carbocycles. The summed E-state index contributed by atoms with van der Waals surface area (Å²) in [7, 11) is 1.35. The van der Waals surface area contributed by atoms with E-state index in [0.29, 0.717) is 6.54 Å². The number of rotatable bonds is 2. The van der Waals surface area contributed by atoms with Gasteiger partial charge in [-0.3, -0.25) is 0 Å². The summed E-state index contributed by atoms with van der Waals surface area (Å²) in [6.45, 7) is 2.67. The predicted molar refractivity (Wildman–Crippen MR) is 37.4 cm³/mol. The van der Waals surface area contributed by atoms with Crippen LogP contribution in [0.25, 0.3) is 0 Å². The lowest BCUT2D eigenvalue weighted by molar-refractivity contribution is 0.171. The molecule has 0 saturated carbocycles. The monoisotopic (exact) mass is 133 g/mol. The zero-order chi connectivity index (χ0) is 6.41. The molecule has 9 heavy (non-hydrogen) atoms. The van der Waals surface area contributed by atoms with Crippen LogP contribution in [0.4, 0.5) is 4.79 Å². The summed E-state index contributed by atoms with van der Waals surface area (Å²) in [6, 6.07) is 0. The molecule has 0 aliphatic rings. The number of amides is 1. The van der Waals surface area contributed by atoms with Gasteiger partial charge in [-0.1, -0.05) is 14.4 Å². The number of ether oxygens (including phenoxy) is 1. The Bertz CT molecular complexity index is 73.5. The first-order valence-corrected chi connectivity index (χ1v) is 2.63. The van der Waals surface area contributed by atoms with Crippen molar-refractivity contribution in [1.29, 1.82) is 0 Å². The van der Waals surface area contributed by atoms with Crippen LogP contribution in [0.2, 0.25) is 0 Å². The quantitative estimate of drug-likeness (QED) is 0.618. The number of nitrogens with one attached hydrogen (secondary N) is 1. The van der Waals surface area contributed by atoms with Crippen molar-refractivity contribution in [3.63, 3.8) is 0 Å². The van der Waals surface area contributed by atoms with E-state index in [0.717, 1.165) is 6.42 Å². The van der Waals surface area contributed by atoms with Crippen LogP contribution in [0.5, 0.6) is 0 Å². The second-order valence-electron chi connectivity index (χ2n) is 1.42. The highest BCUT2D eigenvalue weighted by Crippen LogP contribution is 1.72. The Morgan fingerprint density at radius 1 is 1.67 bits per heavy atom. The minimum atomic E-state index is -0.355. The molecule has 0 aromatic rings. The molecule has 0 aromatic heterocycles. The van der Waals surface area contributed by atoms with E-state index in [9.17, 15) is 4.79 Å². The van der Waals surface area contributed by atoms with Crippen LogP contribution in [0.15, 0.2) is 0 Å². The highest BCUT2D eigenvalue weighted by molar-refractivity contribution is 5.66. The number of hydrogen-bond donors (Lipinski definition) is 1. The summed E-state index contributed by atoms with van der Waals surface area (Å²) in [5.41, 5.74) is 0. The van der Waals surface area contributed by atoms with Gasteiger partial charge in [0.2, 0.25) is 0 Å². The molecule has 56 valence electrons. The van der Waals surface area contributed by atoms with Gasteiger partial charge in [-0.25, -0.2) is 4.79 Å². The average Bonchev–Trinajstić information content (AvgIpc) is 1.83. The first-order chi connectivity index (χ1) is 3.81. The van der Waals surface area contributed by atoms with E-state index in [2.05, 4.69) is 10.1 Å². The third-order valence-corrected chi connectivity index (χ3v) is 0.705. The van der Waals surface area contributed by atoms with E-state index < -0.39 is 0 Å². The first kappa shape index (κ1) is 11.1. The summed E-state index contributed by atoms with van der Waals surface area (Å²) in [6.07, 6.45) is 0.585. The van der Waals surface area contributed by atoms with Gasteiger partial charge in [-0.15, -0.1) is 0 Å². The molecule has 0 rings (SSSR count). The van der Waals surface area contributed by atoms with E-state index in [1.165, 1.54) is 7.11 Å². The van der Waals surface area contributed by atoms with Crippen LogP contribution in [0, 0.1) is 0 Å². The Hall–Kier alpha value is -0.730. The van der Waals surface area contributed by atoms with E-state index in [-0.39, 0.29) is 13.5 Å². The minimum Gasteiger partial charge on any atom is -0.453 e. The van der Waals surface area contributed by atoms with Gasteiger partial charge in [0.15, 0.2) is 0 Å². The predicted octanol–water partition coefficient (Wildman–Crippen LogP) is 1.39. The number of carbonyl (C=O) groups excluding carboxylic acids is 1. The SMILES string of the molecule is C.CCCNC(=O)OC. The summed E-state index contributed by atoms with van der Waals surface area (Å²) >= 11 is 0. The smallest absolute Gasteiger partial charge is 0.406 e. The molecule has 0 aliphatic heterocycles. The van der Waals surface area contributed by atoms with Crippen molar-refractivity contribution >= 4 is 6.09 Å². The summed E-state index contributed by atoms with van der Waals surface area (Å²) < 4.78 is 4.30. The van der Waals surface area contributed by atoms with Crippen LogP contribution in [-0.2, 0) is 4.74 Å². The van der Waals surface area contributed by atoms with E-state index in [1.54, 1.807) is 0 Å². The van der Waals surface area contributed by atoms with Crippen molar-refractivity contribution in [3.8, 4) is 0 Å². The van der Waals surface area contributed by atoms with Gasteiger partial charge in [-0.05, 0) is 6.42 Å². The number of methoxy groups -OCH3 is 1. The molecular weight excluding hydrogens is 118 g/mol. The first-order valence-electron chi connectivity index (χ1n) is 2.63. The van der Waals surface area contributed by atoms with Gasteiger partial charge in [0, 0.05) is 6.54 Å². The van der Waals surface area contributed by atoms with Crippen molar-refractivity contribution in [2.45, 2.75) is 20.8 Å². The molecule has 0 unspecified atom stereocenters. The fourth-order valence-electron chi connectivity index (χ4n) is 0.299. The molecule has 0 aliphatic carbocycles. The highest BCUT2D eigenvalue weighted by Gasteiger charge is 1.91. The van der Waals surface area contributed by atoms with E-state index in [1.807, 2.05) is 6.92 Å². The fourth-order valence-corrected chi connectivity index (χ4v) is 0.299. The molecule has 0 saturated heterocycles. The normalized spacial score (nSPS) is 7.33. The number of carbonyl (C=O) groups is 1. The molecule has 1 N–H and O–H groups in total. The average molecular weight is 133 g/mol. The van der Waals surface area contributed by atoms with E-state index in [4.69, 9.17) is 0 Å². The Morgan fingerprint density at radius 2 is 2.22 bits per heavy atom. The van der Waals surface area contributed by atoms with Crippen molar-refractivity contribution in [2.24, 2.45) is 0 Å². The third kappa shape index (κ3) is 7.27. The zero-order valence-electron chi connectivity index (χ0n) is 5.23. The molecule has 0 radical (unpaired) electrons. The Morgan fingerprint density at radius 3 is 2.56 bits per heavy atom. The molecule has 3 heteroatoms. The van der Waals surface area contributed by atoms with Gasteiger partial charge in [-0.2, -0.15) is 0 Å². The molecule has 0 spiro atoms. The van der Waals surface area contributed by atoms with Gasteiger partial charge in [0.25, 0.3) is 0 Å². The molecule has 0 heterocycles. The van der Waals surface area contributed by atoms with Crippen LogP contribution >= 0.6 is 0 Å². The van der Waals surface area contributed by atoms with E-state index >= 15 is 0 Å². The van der Waals surface area contributed by atoms with Gasteiger partial charge >= 0.3 is 6.09 Å². The van der Waals surface area contributed by atoms with Gasteiger partial charge in [0.1, 0.15) is 0 Å². The van der Waals surface area contributed by atoms with Crippen LogP contribution in [0.1, 0.15) is 20.8 Å². The third-order valence-electron chi connectivity index (χ3n) is 0.705. The van der Waals surface area contributed by atoms with Crippen LogP contribution in [0.3, 0.4) is 0 Å². The van der Waals surface area contributed by atoms with Crippen molar-refractivity contribution in [3.05, 3.63) is 0 Å². The summed E-state index contributed by atoms with van der Waals surface area (Å²) in [5.74, 6) is 0. The van der Waals surface area contributed by atoms with Crippen LogP contribution in [-0.4, -0.2) is 19.7 Å². The maximum absolute atomic E-state index is 10.2. The largest absolute Gasteiger partial charge is 0.453 e. The van der Waals surface area contributed by atoms with Crippen molar-refractivity contribution < 1.29 is 9.53 Å². The molecule has 0 bridgehead atoms. The van der Waals surface area contributed by atoms with Crippen molar-refractivity contribution in [1.82, 2.24) is 5.32 Å². The minimum absolute atomic E-state index is 0. The number of hydrogen-bond acceptors (Lipinski definition) is 2. The second-order valence-corrected chi connectivity index (χ2v) is 1.42. The van der Waals surface area contributed by atoms with Gasteiger partial charge < -0.3 is 10.1 Å². The summed E-state index contributed by atoms with van der Waals surface area (Å²) in [5, 5.41) is 2.52. The maximum atomic E-state index is 10.2.